The molecular weight excluding hydrogens is 290 g/mol. The standard InChI is InChI=1S/C23H25N/c1-17-8-6-9-20(16-17)15-14-18(2)24-19(3)22-13-7-11-21-10-4-5-12-23(21)22/h4-16,18-19,24H,1-3H3/b15-14+. The summed E-state index contributed by atoms with van der Waals surface area (Å²) in [7, 11) is 0. The number of rotatable bonds is 5. The fourth-order valence-electron chi connectivity index (χ4n) is 3.20. The van der Waals surface area contributed by atoms with Gasteiger partial charge in [-0.05, 0) is 42.7 Å². The van der Waals surface area contributed by atoms with Crippen LogP contribution in [0.2, 0.25) is 0 Å². The van der Waals surface area contributed by atoms with Crippen LogP contribution in [-0.2, 0) is 0 Å². The van der Waals surface area contributed by atoms with E-state index in [1.54, 1.807) is 0 Å². The fraction of sp³-hybridized carbons (Fsp3) is 0.217. The van der Waals surface area contributed by atoms with Gasteiger partial charge in [-0.1, -0.05) is 84.4 Å². The van der Waals surface area contributed by atoms with E-state index in [0.29, 0.717) is 12.1 Å². The van der Waals surface area contributed by atoms with E-state index in [9.17, 15) is 0 Å². The molecule has 2 atom stereocenters. The Morgan fingerprint density at radius 3 is 2.46 bits per heavy atom. The van der Waals surface area contributed by atoms with Crippen molar-refractivity contribution < 1.29 is 0 Å². The molecule has 0 spiro atoms. The zero-order valence-corrected chi connectivity index (χ0v) is 14.7. The van der Waals surface area contributed by atoms with Gasteiger partial charge in [0.05, 0.1) is 0 Å². The summed E-state index contributed by atoms with van der Waals surface area (Å²) in [5.74, 6) is 0. The predicted molar refractivity (Wildman–Crippen MR) is 105 cm³/mol. The Hall–Kier alpha value is -2.38. The molecule has 0 aromatic heterocycles. The third-order valence-corrected chi connectivity index (χ3v) is 4.42. The molecule has 3 aromatic carbocycles. The Kier molecular flexibility index (Phi) is 5.12. The van der Waals surface area contributed by atoms with E-state index in [4.69, 9.17) is 0 Å². The van der Waals surface area contributed by atoms with Crippen molar-refractivity contribution in [1.29, 1.82) is 0 Å². The summed E-state index contributed by atoms with van der Waals surface area (Å²) in [5, 5.41) is 6.31. The Bertz CT molecular complexity index is 842. The van der Waals surface area contributed by atoms with Crippen molar-refractivity contribution in [3.8, 4) is 0 Å². The summed E-state index contributed by atoms with van der Waals surface area (Å²) in [6.45, 7) is 6.56. The summed E-state index contributed by atoms with van der Waals surface area (Å²) < 4.78 is 0. The highest BCUT2D eigenvalue weighted by atomic mass is 14.9. The van der Waals surface area contributed by atoms with E-state index >= 15 is 0 Å². The molecule has 1 N–H and O–H groups in total. The van der Waals surface area contributed by atoms with Crippen molar-refractivity contribution in [1.82, 2.24) is 5.32 Å². The second kappa shape index (κ2) is 7.46. The van der Waals surface area contributed by atoms with Crippen LogP contribution in [0.1, 0.15) is 36.6 Å². The molecule has 24 heavy (non-hydrogen) atoms. The lowest BCUT2D eigenvalue weighted by Crippen LogP contribution is -2.27. The molecule has 0 amide bonds. The van der Waals surface area contributed by atoms with Gasteiger partial charge in [0, 0.05) is 12.1 Å². The van der Waals surface area contributed by atoms with Gasteiger partial charge in [-0.25, -0.2) is 0 Å². The fourth-order valence-corrected chi connectivity index (χ4v) is 3.20. The molecular formula is C23H25N. The van der Waals surface area contributed by atoms with Crippen LogP contribution in [0.25, 0.3) is 16.8 Å². The summed E-state index contributed by atoms with van der Waals surface area (Å²) in [5.41, 5.74) is 3.90. The lowest BCUT2D eigenvalue weighted by atomic mass is 9.99. The van der Waals surface area contributed by atoms with E-state index in [1.165, 1.54) is 27.5 Å². The smallest absolute Gasteiger partial charge is 0.0303 e. The maximum atomic E-state index is 3.69. The first kappa shape index (κ1) is 16.5. The van der Waals surface area contributed by atoms with Crippen molar-refractivity contribution >= 4 is 16.8 Å². The zero-order chi connectivity index (χ0) is 16.9. The zero-order valence-electron chi connectivity index (χ0n) is 14.7. The van der Waals surface area contributed by atoms with Gasteiger partial charge in [0.2, 0.25) is 0 Å². The molecule has 3 rings (SSSR count). The number of aryl methyl sites for hydroxylation is 1. The van der Waals surface area contributed by atoms with Gasteiger partial charge in [0.25, 0.3) is 0 Å². The van der Waals surface area contributed by atoms with E-state index in [0.717, 1.165) is 0 Å². The molecule has 2 unspecified atom stereocenters. The molecule has 0 fully saturated rings. The Balaban J connectivity index is 1.72. The van der Waals surface area contributed by atoms with Gasteiger partial charge in [-0.2, -0.15) is 0 Å². The molecule has 0 saturated carbocycles. The predicted octanol–water partition coefficient (Wildman–Crippen LogP) is 5.90. The molecule has 0 aliphatic carbocycles. The lowest BCUT2D eigenvalue weighted by molar-refractivity contribution is 0.540. The Morgan fingerprint density at radius 2 is 1.62 bits per heavy atom. The maximum absolute atomic E-state index is 3.69. The average Bonchev–Trinajstić information content (AvgIpc) is 2.59. The first-order valence-corrected chi connectivity index (χ1v) is 8.62. The van der Waals surface area contributed by atoms with Crippen molar-refractivity contribution in [2.24, 2.45) is 0 Å². The molecule has 1 nitrogen and oxygen atoms in total. The van der Waals surface area contributed by atoms with Crippen LogP contribution in [-0.4, -0.2) is 6.04 Å². The second-order valence-corrected chi connectivity index (χ2v) is 6.52. The van der Waals surface area contributed by atoms with Crippen LogP contribution in [0.15, 0.2) is 72.8 Å². The lowest BCUT2D eigenvalue weighted by Gasteiger charge is -2.20. The van der Waals surface area contributed by atoms with Crippen molar-refractivity contribution in [3.05, 3.63) is 89.5 Å². The molecule has 0 aliphatic rings. The SMILES string of the molecule is Cc1cccc(/C=C/C(C)NC(C)c2cccc3ccccc23)c1. The number of fused-ring (bicyclic) bond motifs is 1. The highest BCUT2D eigenvalue weighted by Gasteiger charge is 2.10. The number of nitrogens with one attached hydrogen (secondary N) is 1. The van der Waals surface area contributed by atoms with Gasteiger partial charge < -0.3 is 5.32 Å². The summed E-state index contributed by atoms with van der Waals surface area (Å²) in [6.07, 6.45) is 4.43. The van der Waals surface area contributed by atoms with Crippen LogP contribution >= 0.6 is 0 Å². The van der Waals surface area contributed by atoms with Crippen LogP contribution in [0.5, 0.6) is 0 Å². The van der Waals surface area contributed by atoms with Crippen LogP contribution in [0.3, 0.4) is 0 Å². The largest absolute Gasteiger partial charge is 0.304 e. The van der Waals surface area contributed by atoms with E-state index < -0.39 is 0 Å². The monoisotopic (exact) mass is 315 g/mol. The third-order valence-electron chi connectivity index (χ3n) is 4.42. The van der Waals surface area contributed by atoms with Gasteiger partial charge in [0.15, 0.2) is 0 Å². The van der Waals surface area contributed by atoms with Gasteiger partial charge in [-0.15, -0.1) is 0 Å². The van der Waals surface area contributed by atoms with Crippen LogP contribution < -0.4 is 5.32 Å². The average molecular weight is 315 g/mol. The van der Waals surface area contributed by atoms with Crippen LogP contribution in [0.4, 0.5) is 0 Å². The minimum Gasteiger partial charge on any atom is -0.304 e. The van der Waals surface area contributed by atoms with Crippen molar-refractivity contribution in [2.45, 2.75) is 32.9 Å². The van der Waals surface area contributed by atoms with E-state index in [1.807, 2.05) is 0 Å². The van der Waals surface area contributed by atoms with Gasteiger partial charge in [-0.3, -0.25) is 0 Å². The molecule has 3 aromatic rings. The first-order valence-electron chi connectivity index (χ1n) is 8.62. The Morgan fingerprint density at radius 1 is 0.875 bits per heavy atom. The molecule has 122 valence electrons. The molecule has 0 saturated heterocycles. The number of hydrogen-bond donors (Lipinski definition) is 1. The summed E-state index contributed by atoms with van der Waals surface area (Å²) in [4.78, 5) is 0. The maximum Gasteiger partial charge on any atom is 0.0303 e. The molecule has 0 heterocycles. The highest BCUT2D eigenvalue weighted by molar-refractivity contribution is 5.86. The summed E-state index contributed by atoms with van der Waals surface area (Å²) >= 11 is 0. The minimum atomic E-state index is 0.299. The first-order chi connectivity index (χ1) is 11.6. The second-order valence-electron chi connectivity index (χ2n) is 6.52. The normalized spacial score (nSPS) is 14.1. The van der Waals surface area contributed by atoms with Crippen LogP contribution in [0, 0.1) is 6.92 Å². The third kappa shape index (κ3) is 3.93. The Labute approximate surface area is 145 Å². The number of benzene rings is 3. The quantitative estimate of drug-likeness (QED) is 0.618. The minimum absolute atomic E-state index is 0.299. The molecule has 0 radical (unpaired) electrons. The molecule has 0 aliphatic heterocycles. The van der Waals surface area contributed by atoms with Crippen molar-refractivity contribution in [3.63, 3.8) is 0 Å². The summed E-state index contributed by atoms with van der Waals surface area (Å²) in [6, 6.07) is 24.3. The topological polar surface area (TPSA) is 12.0 Å². The van der Waals surface area contributed by atoms with E-state index in [-0.39, 0.29) is 0 Å². The molecule has 0 bridgehead atoms. The number of hydrogen-bond acceptors (Lipinski definition) is 1. The molecule has 1 heteroatoms. The van der Waals surface area contributed by atoms with Gasteiger partial charge in [0.1, 0.15) is 0 Å². The van der Waals surface area contributed by atoms with E-state index in [2.05, 4.69) is 105 Å². The highest BCUT2D eigenvalue weighted by Crippen LogP contribution is 2.24. The van der Waals surface area contributed by atoms with Gasteiger partial charge >= 0.3 is 0 Å². The van der Waals surface area contributed by atoms with Crippen molar-refractivity contribution in [2.75, 3.05) is 0 Å².